The van der Waals surface area contributed by atoms with E-state index in [2.05, 4.69) is 40.3 Å². The highest BCUT2D eigenvalue weighted by Crippen LogP contribution is 2.26. The summed E-state index contributed by atoms with van der Waals surface area (Å²) in [5, 5.41) is 3.40. The quantitative estimate of drug-likeness (QED) is 0.694. The highest BCUT2D eigenvalue weighted by molar-refractivity contribution is 9.10. The minimum Gasteiger partial charge on any atom is -0.494 e. The van der Waals surface area contributed by atoms with E-state index in [1.807, 2.05) is 37.3 Å². The number of benzene rings is 2. The number of halogens is 1. The van der Waals surface area contributed by atoms with E-state index in [4.69, 9.17) is 9.47 Å². The molecule has 0 bridgehead atoms. The first-order valence-electron chi connectivity index (χ1n) is 7.61. The van der Waals surface area contributed by atoms with Gasteiger partial charge in [-0.25, -0.2) is 0 Å². The zero-order chi connectivity index (χ0) is 15.8. The molecule has 0 fully saturated rings. The zero-order valence-electron chi connectivity index (χ0n) is 13.1. The molecule has 3 nitrogen and oxygen atoms in total. The maximum absolute atomic E-state index is 5.66. The minimum absolute atomic E-state index is 0.688. The van der Waals surface area contributed by atoms with Gasteiger partial charge in [-0.1, -0.05) is 13.0 Å². The van der Waals surface area contributed by atoms with Crippen LogP contribution in [-0.2, 0) is 6.54 Å². The van der Waals surface area contributed by atoms with Gasteiger partial charge in [0.25, 0.3) is 0 Å². The molecule has 0 saturated carbocycles. The van der Waals surface area contributed by atoms with Crippen molar-refractivity contribution in [2.45, 2.75) is 26.8 Å². The first-order chi connectivity index (χ1) is 10.7. The van der Waals surface area contributed by atoms with Gasteiger partial charge < -0.3 is 14.8 Å². The van der Waals surface area contributed by atoms with Gasteiger partial charge in [0, 0.05) is 12.2 Å². The normalized spacial score (nSPS) is 10.3. The van der Waals surface area contributed by atoms with Crippen LogP contribution in [0.1, 0.15) is 25.8 Å². The van der Waals surface area contributed by atoms with Gasteiger partial charge in [0.05, 0.1) is 17.7 Å². The van der Waals surface area contributed by atoms with Crippen LogP contribution in [0, 0.1) is 0 Å². The topological polar surface area (TPSA) is 30.5 Å². The standard InChI is InChI=1S/C18H22BrNO2/c1-3-11-22-18-10-5-14(12-17(18)19)13-20-15-6-8-16(9-7-15)21-4-2/h5-10,12,20H,3-4,11,13H2,1-2H3. The van der Waals surface area contributed by atoms with Crippen molar-refractivity contribution in [2.24, 2.45) is 0 Å². The van der Waals surface area contributed by atoms with Crippen molar-refractivity contribution in [3.05, 3.63) is 52.5 Å². The maximum Gasteiger partial charge on any atom is 0.133 e. The Kier molecular flexibility index (Phi) is 6.59. The fourth-order valence-corrected chi connectivity index (χ4v) is 2.56. The second kappa shape index (κ2) is 8.69. The molecule has 2 aromatic rings. The van der Waals surface area contributed by atoms with Crippen LogP contribution in [0.3, 0.4) is 0 Å². The Morgan fingerprint density at radius 1 is 1.00 bits per heavy atom. The number of hydrogen-bond donors (Lipinski definition) is 1. The van der Waals surface area contributed by atoms with Gasteiger partial charge in [-0.2, -0.15) is 0 Å². The van der Waals surface area contributed by atoms with Crippen LogP contribution in [0.2, 0.25) is 0 Å². The van der Waals surface area contributed by atoms with E-state index in [1.165, 1.54) is 5.56 Å². The number of ether oxygens (including phenoxy) is 2. The molecule has 0 amide bonds. The Labute approximate surface area is 140 Å². The predicted molar refractivity (Wildman–Crippen MR) is 94.9 cm³/mol. The SMILES string of the molecule is CCCOc1ccc(CNc2ccc(OCC)cc2)cc1Br. The summed E-state index contributed by atoms with van der Waals surface area (Å²) in [5.41, 5.74) is 2.27. The van der Waals surface area contributed by atoms with Crippen LogP contribution in [0.25, 0.3) is 0 Å². The number of rotatable bonds is 8. The van der Waals surface area contributed by atoms with Crippen LogP contribution >= 0.6 is 15.9 Å². The van der Waals surface area contributed by atoms with E-state index in [-0.39, 0.29) is 0 Å². The van der Waals surface area contributed by atoms with Crippen molar-refractivity contribution in [3.63, 3.8) is 0 Å². The number of hydrogen-bond acceptors (Lipinski definition) is 3. The molecule has 0 saturated heterocycles. The van der Waals surface area contributed by atoms with Crippen molar-refractivity contribution in [3.8, 4) is 11.5 Å². The van der Waals surface area contributed by atoms with Gasteiger partial charge in [-0.3, -0.25) is 0 Å². The third kappa shape index (κ3) is 4.95. The van der Waals surface area contributed by atoms with Gasteiger partial charge in [0.15, 0.2) is 0 Å². The van der Waals surface area contributed by atoms with E-state index in [1.54, 1.807) is 0 Å². The van der Waals surface area contributed by atoms with Gasteiger partial charge in [0.2, 0.25) is 0 Å². The highest BCUT2D eigenvalue weighted by Gasteiger charge is 2.03. The molecule has 0 heterocycles. The molecule has 0 spiro atoms. The highest BCUT2D eigenvalue weighted by atomic mass is 79.9. The molecule has 0 aliphatic carbocycles. The van der Waals surface area contributed by atoms with E-state index in [0.29, 0.717) is 6.61 Å². The smallest absolute Gasteiger partial charge is 0.133 e. The summed E-state index contributed by atoms with van der Waals surface area (Å²) in [5.74, 6) is 1.79. The van der Waals surface area contributed by atoms with Crippen LogP contribution in [0.4, 0.5) is 5.69 Å². The summed E-state index contributed by atoms with van der Waals surface area (Å²) >= 11 is 3.56. The van der Waals surface area contributed by atoms with Crippen LogP contribution in [-0.4, -0.2) is 13.2 Å². The molecule has 0 aromatic heterocycles. The van der Waals surface area contributed by atoms with Gasteiger partial charge >= 0.3 is 0 Å². The summed E-state index contributed by atoms with van der Waals surface area (Å²) in [6, 6.07) is 14.2. The Hall–Kier alpha value is -1.68. The third-order valence-corrected chi connectivity index (χ3v) is 3.74. The average molecular weight is 364 g/mol. The lowest BCUT2D eigenvalue weighted by Gasteiger charge is -2.11. The molecule has 1 N–H and O–H groups in total. The molecule has 0 aliphatic rings. The molecule has 2 aromatic carbocycles. The largest absolute Gasteiger partial charge is 0.494 e. The molecule has 0 radical (unpaired) electrons. The van der Waals surface area contributed by atoms with Crippen molar-refractivity contribution in [1.29, 1.82) is 0 Å². The molecule has 4 heteroatoms. The van der Waals surface area contributed by atoms with Gasteiger partial charge in [0.1, 0.15) is 11.5 Å². The summed E-state index contributed by atoms with van der Waals surface area (Å²) in [6.07, 6.45) is 1.01. The van der Waals surface area contributed by atoms with Crippen LogP contribution in [0.15, 0.2) is 46.9 Å². The maximum atomic E-state index is 5.66. The zero-order valence-corrected chi connectivity index (χ0v) is 14.7. The first kappa shape index (κ1) is 16.7. The molecule has 2 rings (SSSR count). The van der Waals surface area contributed by atoms with Gasteiger partial charge in [-0.15, -0.1) is 0 Å². The first-order valence-corrected chi connectivity index (χ1v) is 8.40. The lowest BCUT2D eigenvalue weighted by Crippen LogP contribution is -2.01. The molecule has 22 heavy (non-hydrogen) atoms. The summed E-state index contributed by atoms with van der Waals surface area (Å²) in [7, 11) is 0. The molecular weight excluding hydrogens is 342 g/mol. The molecule has 0 atom stereocenters. The minimum atomic E-state index is 0.688. The van der Waals surface area contributed by atoms with Crippen LogP contribution < -0.4 is 14.8 Å². The number of nitrogens with one attached hydrogen (secondary N) is 1. The molecule has 0 aliphatic heterocycles. The lowest BCUT2D eigenvalue weighted by atomic mass is 10.2. The molecule has 118 valence electrons. The van der Waals surface area contributed by atoms with Crippen molar-refractivity contribution in [1.82, 2.24) is 0 Å². The van der Waals surface area contributed by atoms with E-state index in [0.717, 1.165) is 41.2 Å². The second-order valence-corrected chi connectivity index (χ2v) is 5.78. The molecular formula is C18H22BrNO2. The summed E-state index contributed by atoms with van der Waals surface area (Å²) in [4.78, 5) is 0. The fraction of sp³-hybridized carbons (Fsp3) is 0.333. The molecule has 0 unspecified atom stereocenters. The Bertz CT molecular complexity index is 584. The average Bonchev–Trinajstić information content (AvgIpc) is 2.54. The van der Waals surface area contributed by atoms with Gasteiger partial charge in [-0.05, 0) is 71.2 Å². The Morgan fingerprint density at radius 2 is 1.77 bits per heavy atom. The van der Waals surface area contributed by atoms with Crippen molar-refractivity contribution in [2.75, 3.05) is 18.5 Å². The third-order valence-electron chi connectivity index (χ3n) is 3.12. The van der Waals surface area contributed by atoms with E-state index in [9.17, 15) is 0 Å². The number of anilines is 1. The van der Waals surface area contributed by atoms with E-state index >= 15 is 0 Å². The lowest BCUT2D eigenvalue weighted by molar-refractivity contribution is 0.315. The monoisotopic (exact) mass is 363 g/mol. The van der Waals surface area contributed by atoms with Crippen molar-refractivity contribution < 1.29 is 9.47 Å². The fourth-order valence-electron chi connectivity index (χ4n) is 2.02. The predicted octanol–water partition coefficient (Wildman–Crippen LogP) is 5.25. The van der Waals surface area contributed by atoms with Crippen LogP contribution in [0.5, 0.6) is 11.5 Å². The summed E-state index contributed by atoms with van der Waals surface area (Å²) < 4.78 is 12.1. The Morgan fingerprint density at radius 3 is 2.41 bits per heavy atom. The van der Waals surface area contributed by atoms with Crippen molar-refractivity contribution >= 4 is 21.6 Å². The van der Waals surface area contributed by atoms with E-state index < -0.39 is 0 Å². The summed E-state index contributed by atoms with van der Waals surface area (Å²) in [6.45, 7) is 6.27. The Balaban J connectivity index is 1.92. The second-order valence-electron chi connectivity index (χ2n) is 4.92.